The summed E-state index contributed by atoms with van der Waals surface area (Å²) in [5.74, 6) is -0.122. The molecular weight excluding hydrogens is 341 g/mol. The molecule has 0 aromatic heterocycles. The molecule has 136 valence electrons. The minimum absolute atomic E-state index is 0. The molecule has 1 saturated carbocycles. The summed E-state index contributed by atoms with van der Waals surface area (Å²) in [6, 6.07) is 4.85. The average molecular weight is 365 g/mol. The van der Waals surface area contributed by atoms with E-state index >= 15 is 0 Å². The van der Waals surface area contributed by atoms with Gasteiger partial charge in [-0.05, 0) is 50.8 Å². The molecule has 3 nitrogen and oxygen atoms in total. The number of carbonyl (C=O) groups excluding carboxylic acids is 1. The zero-order valence-corrected chi connectivity index (χ0v) is 14.7. The quantitative estimate of drug-likeness (QED) is 0.871. The third kappa shape index (κ3) is 4.63. The first kappa shape index (κ1) is 20.8. The molecule has 0 heterocycles. The van der Waals surface area contributed by atoms with Crippen LogP contribution in [0.5, 0.6) is 0 Å². The van der Waals surface area contributed by atoms with E-state index < -0.39 is 17.8 Å². The van der Waals surface area contributed by atoms with Crippen molar-refractivity contribution < 1.29 is 18.0 Å². The van der Waals surface area contributed by atoms with Crippen LogP contribution in [-0.4, -0.2) is 23.4 Å². The lowest BCUT2D eigenvalue weighted by molar-refractivity contribution is -0.137. The molecule has 7 heteroatoms. The summed E-state index contributed by atoms with van der Waals surface area (Å²) < 4.78 is 38.6. The third-order valence-corrected chi connectivity index (χ3v) is 4.61. The fourth-order valence-corrected chi connectivity index (χ4v) is 3.25. The molecule has 1 aliphatic rings. The SMILES string of the molecule is CCN(C(=O)C1CCC(N)C1)C(C)c1cccc(C(F)(F)F)c1.Cl. The monoisotopic (exact) mass is 364 g/mol. The fraction of sp³-hybridized carbons (Fsp3) is 0.588. The Labute approximate surface area is 146 Å². The van der Waals surface area contributed by atoms with Gasteiger partial charge in [0.1, 0.15) is 0 Å². The molecule has 1 fully saturated rings. The van der Waals surface area contributed by atoms with Gasteiger partial charge in [0, 0.05) is 18.5 Å². The zero-order valence-electron chi connectivity index (χ0n) is 13.8. The summed E-state index contributed by atoms with van der Waals surface area (Å²) >= 11 is 0. The van der Waals surface area contributed by atoms with Crippen molar-refractivity contribution in [2.45, 2.75) is 51.4 Å². The summed E-state index contributed by atoms with van der Waals surface area (Å²) in [7, 11) is 0. The third-order valence-electron chi connectivity index (χ3n) is 4.61. The van der Waals surface area contributed by atoms with Crippen molar-refractivity contribution in [2.24, 2.45) is 11.7 Å². The van der Waals surface area contributed by atoms with E-state index in [-0.39, 0.29) is 30.3 Å². The summed E-state index contributed by atoms with van der Waals surface area (Å²) in [4.78, 5) is 14.3. The van der Waals surface area contributed by atoms with Gasteiger partial charge >= 0.3 is 6.18 Å². The number of rotatable bonds is 4. The van der Waals surface area contributed by atoms with Crippen molar-refractivity contribution in [3.8, 4) is 0 Å². The van der Waals surface area contributed by atoms with Crippen LogP contribution in [0, 0.1) is 5.92 Å². The number of hydrogen-bond donors (Lipinski definition) is 1. The second-order valence-electron chi connectivity index (χ2n) is 6.19. The normalized spacial score (nSPS) is 21.9. The van der Waals surface area contributed by atoms with Crippen LogP contribution in [0.3, 0.4) is 0 Å². The van der Waals surface area contributed by atoms with Crippen LogP contribution in [0.1, 0.15) is 50.3 Å². The molecule has 3 unspecified atom stereocenters. The lowest BCUT2D eigenvalue weighted by Gasteiger charge is -2.31. The Hall–Kier alpha value is -1.27. The van der Waals surface area contributed by atoms with E-state index in [1.807, 2.05) is 6.92 Å². The highest BCUT2D eigenvalue weighted by Crippen LogP contribution is 2.33. The van der Waals surface area contributed by atoms with Crippen LogP contribution in [0.2, 0.25) is 0 Å². The standard InChI is InChI=1S/C17H23F3N2O.ClH/c1-3-22(16(23)13-7-8-15(21)10-13)11(2)12-5-4-6-14(9-12)17(18,19)20;/h4-6,9,11,13,15H,3,7-8,10,21H2,1-2H3;1H. The Morgan fingerprint density at radius 1 is 1.38 bits per heavy atom. The Balaban J connectivity index is 0.00000288. The number of nitrogens with two attached hydrogens (primary N) is 1. The van der Waals surface area contributed by atoms with Gasteiger partial charge in [-0.3, -0.25) is 4.79 Å². The van der Waals surface area contributed by atoms with Crippen molar-refractivity contribution in [1.29, 1.82) is 0 Å². The zero-order chi connectivity index (χ0) is 17.2. The van der Waals surface area contributed by atoms with Crippen molar-refractivity contribution in [1.82, 2.24) is 4.90 Å². The maximum absolute atomic E-state index is 12.9. The van der Waals surface area contributed by atoms with Gasteiger partial charge in [0.15, 0.2) is 0 Å². The molecule has 0 bridgehead atoms. The number of benzene rings is 1. The number of halogens is 4. The fourth-order valence-electron chi connectivity index (χ4n) is 3.25. The average Bonchev–Trinajstić information content (AvgIpc) is 2.93. The molecule has 0 saturated heterocycles. The largest absolute Gasteiger partial charge is 0.416 e. The molecule has 2 rings (SSSR count). The minimum atomic E-state index is -4.38. The molecule has 24 heavy (non-hydrogen) atoms. The minimum Gasteiger partial charge on any atom is -0.336 e. The van der Waals surface area contributed by atoms with Gasteiger partial charge in [-0.1, -0.05) is 12.1 Å². The Kier molecular flexibility index (Phi) is 7.10. The predicted octanol–water partition coefficient (Wildman–Crippen LogP) is 4.16. The Bertz CT molecular complexity index is 565. The van der Waals surface area contributed by atoms with Gasteiger partial charge in [0.05, 0.1) is 11.6 Å². The molecule has 2 N–H and O–H groups in total. The van der Waals surface area contributed by atoms with Crippen molar-refractivity contribution in [2.75, 3.05) is 6.54 Å². The van der Waals surface area contributed by atoms with Gasteiger partial charge in [0.25, 0.3) is 0 Å². The molecule has 1 aliphatic carbocycles. The number of alkyl halides is 3. The van der Waals surface area contributed by atoms with Gasteiger partial charge in [-0.15, -0.1) is 12.4 Å². The van der Waals surface area contributed by atoms with Crippen LogP contribution in [0.4, 0.5) is 13.2 Å². The maximum Gasteiger partial charge on any atom is 0.416 e. The lowest BCUT2D eigenvalue weighted by atomic mass is 10.0. The van der Waals surface area contributed by atoms with Gasteiger partial charge in [0.2, 0.25) is 5.91 Å². The van der Waals surface area contributed by atoms with Crippen molar-refractivity contribution in [3.63, 3.8) is 0 Å². The molecular formula is C17H24ClF3N2O. The van der Waals surface area contributed by atoms with Crippen LogP contribution in [0.15, 0.2) is 24.3 Å². The second kappa shape index (κ2) is 8.21. The first-order valence-corrected chi connectivity index (χ1v) is 7.97. The van der Waals surface area contributed by atoms with E-state index in [2.05, 4.69) is 0 Å². The number of nitrogens with zero attached hydrogens (tertiary/aromatic N) is 1. The molecule has 0 spiro atoms. The van der Waals surface area contributed by atoms with Crippen LogP contribution >= 0.6 is 12.4 Å². The Morgan fingerprint density at radius 3 is 2.54 bits per heavy atom. The Morgan fingerprint density at radius 2 is 2.04 bits per heavy atom. The van der Waals surface area contributed by atoms with Gasteiger partial charge < -0.3 is 10.6 Å². The van der Waals surface area contributed by atoms with Gasteiger partial charge in [-0.25, -0.2) is 0 Å². The smallest absolute Gasteiger partial charge is 0.336 e. The summed E-state index contributed by atoms with van der Waals surface area (Å²) in [6.45, 7) is 4.07. The summed E-state index contributed by atoms with van der Waals surface area (Å²) in [5.41, 5.74) is 5.67. The van der Waals surface area contributed by atoms with E-state index in [0.717, 1.165) is 25.0 Å². The molecule has 1 aromatic rings. The van der Waals surface area contributed by atoms with Gasteiger partial charge in [-0.2, -0.15) is 13.2 Å². The predicted molar refractivity (Wildman–Crippen MR) is 89.8 cm³/mol. The molecule has 0 aliphatic heterocycles. The van der Waals surface area contributed by atoms with Crippen LogP contribution in [0.25, 0.3) is 0 Å². The number of hydrogen-bond acceptors (Lipinski definition) is 2. The highest BCUT2D eigenvalue weighted by atomic mass is 35.5. The first-order chi connectivity index (χ1) is 10.7. The number of carbonyl (C=O) groups is 1. The molecule has 1 aromatic carbocycles. The van der Waals surface area contributed by atoms with Crippen molar-refractivity contribution >= 4 is 18.3 Å². The second-order valence-corrected chi connectivity index (χ2v) is 6.19. The van der Waals surface area contributed by atoms with Crippen molar-refractivity contribution in [3.05, 3.63) is 35.4 Å². The van der Waals surface area contributed by atoms with E-state index in [9.17, 15) is 18.0 Å². The summed E-state index contributed by atoms with van der Waals surface area (Å²) in [5, 5.41) is 0. The van der Waals surface area contributed by atoms with Crippen LogP contribution < -0.4 is 5.73 Å². The highest BCUT2D eigenvalue weighted by Gasteiger charge is 2.34. The topological polar surface area (TPSA) is 46.3 Å². The van der Waals surface area contributed by atoms with E-state index in [0.29, 0.717) is 18.5 Å². The molecule has 0 radical (unpaired) electrons. The van der Waals surface area contributed by atoms with E-state index in [1.165, 1.54) is 6.07 Å². The summed E-state index contributed by atoms with van der Waals surface area (Å²) in [6.07, 6.45) is -2.14. The lowest BCUT2D eigenvalue weighted by Crippen LogP contribution is -2.37. The molecule has 1 amide bonds. The number of amides is 1. The van der Waals surface area contributed by atoms with Crippen LogP contribution in [-0.2, 0) is 11.0 Å². The highest BCUT2D eigenvalue weighted by molar-refractivity contribution is 5.85. The van der Waals surface area contributed by atoms with E-state index in [4.69, 9.17) is 5.73 Å². The maximum atomic E-state index is 12.9. The molecule has 3 atom stereocenters. The van der Waals surface area contributed by atoms with E-state index in [1.54, 1.807) is 17.9 Å². The first-order valence-electron chi connectivity index (χ1n) is 7.97.